The van der Waals surface area contributed by atoms with Crippen molar-refractivity contribution in [2.24, 2.45) is 123 Å². The number of esters is 3. The second-order valence-corrected chi connectivity index (χ2v) is 29.1. The number of hydrogen-bond acceptors (Lipinski definition) is 9. The van der Waals surface area contributed by atoms with Crippen molar-refractivity contribution in [3.63, 3.8) is 0 Å². The van der Waals surface area contributed by atoms with Crippen LogP contribution in [0, 0.1) is 123 Å². The minimum atomic E-state index is -0.427. The second kappa shape index (κ2) is 16.1. The van der Waals surface area contributed by atoms with Gasteiger partial charge < -0.3 is 29.5 Å². The smallest absolute Gasteiger partial charge is 0.312 e. The number of hydrogen-bond donors (Lipinski definition) is 3. The van der Waals surface area contributed by atoms with Gasteiger partial charge in [-0.1, -0.05) is 34.1 Å². The van der Waals surface area contributed by atoms with Crippen LogP contribution >= 0.6 is 0 Å². The fraction of sp³-hybridized carbons (Fsp3) is 0.950. The zero-order chi connectivity index (χ0) is 48.6. The average Bonchev–Trinajstić information content (AvgIpc) is 3.32. The fourth-order valence-electron chi connectivity index (χ4n) is 22.0. The molecule has 0 aromatic rings. The van der Waals surface area contributed by atoms with Crippen molar-refractivity contribution in [1.82, 2.24) is 0 Å². The van der Waals surface area contributed by atoms with Crippen LogP contribution in [0.3, 0.4) is 0 Å². The summed E-state index contributed by atoms with van der Waals surface area (Å²) in [6.07, 6.45) is 24.5. The van der Waals surface area contributed by atoms with Crippen LogP contribution in [-0.2, 0) is 28.6 Å². The number of aliphatic hydroxyl groups is 3. The van der Waals surface area contributed by atoms with Crippen LogP contribution in [0.4, 0.5) is 0 Å². The molecule has 19 aliphatic carbocycles. The van der Waals surface area contributed by atoms with Crippen molar-refractivity contribution >= 4 is 17.9 Å². The molecule has 386 valence electrons. The molecule has 0 aromatic heterocycles. The Morgan fingerprint density at radius 1 is 0.536 bits per heavy atom. The van der Waals surface area contributed by atoms with Crippen molar-refractivity contribution in [2.45, 2.75) is 225 Å². The second-order valence-electron chi connectivity index (χ2n) is 29.1. The average molecular weight is 957 g/mol. The molecule has 0 saturated heterocycles. The molecule has 19 aliphatic rings. The van der Waals surface area contributed by atoms with Gasteiger partial charge in [-0.25, -0.2) is 0 Å². The first-order valence-electron chi connectivity index (χ1n) is 29.4. The number of carbonyl (C=O) groups excluding carboxylic acids is 3. The zero-order valence-corrected chi connectivity index (χ0v) is 44.0. The van der Waals surface area contributed by atoms with Gasteiger partial charge in [0.1, 0.15) is 16.8 Å². The number of carbonyl (C=O) groups is 3. The Balaban J connectivity index is 0.000000107. The van der Waals surface area contributed by atoms with Crippen molar-refractivity contribution in [3.8, 4) is 0 Å². The third kappa shape index (κ3) is 6.76. The summed E-state index contributed by atoms with van der Waals surface area (Å²) < 4.78 is 19.1. The van der Waals surface area contributed by atoms with Crippen LogP contribution in [-0.4, -0.2) is 67.8 Å². The van der Waals surface area contributed by atoms with Crippen molar-refractivity contribution < 1.29 is 43.9 Å². The molecule has 0 amide bonds. The highest BCUT2D eigenvalue weighted by molar-refractivity contribution is 5.77. The van der Waals surface area contributed by atoms with Crippen molar-refractivity contribution in [3.05, 3.63) is 0 Å². The van der Waals surface area contributed by atoms with Gasteiger partial charge >= 0.3 is 17.9 Å². The highest BCUT2D eigenvalue weighted by atomic mass is 16.6. The molecule has 0 aromatic carbocycles. The first-order chi connectivity index (χ1) is 32.7. The van der Waals surface area contributed by atoms with Crippen LogP contribution in [0.5, 0.6) is 0 Å². The molecule has 9 nitrogen and oxygen atoms in total. The third-order valence-corrected chi connectivity index (χ3v) is 25.6. The summed E-state index contributed by atoms with van der Waals surface area (Å²) in [7, 11) is 0. The van der Waals surface area contributed by atoms with Crippen LogP contribution < -0.4 is 0 Å². The summed E-state index contributed by atoms with van der Waals surface area (Å²) in [6, 6.07) is 0. The maximum atomic E-state index is 12.9. The minimum Gasteiger partial charge on any atom is -0.459 e. The van der Waals surface area contributed by atoms with E-state index in [0.29, 0.717) is 95.4 Å². The SMILES string of the molecule is CCC(C)(C)C(=O)OC12CC3C(CCO)C(C1)C1CCCC3C1C2.CCC(C)(C)C(=O)OC12CC3CC4C1CC1CC2C(C3)C4(O)C1.CCC(C)C(=O)OC12CC3CC4C1CC1CC2C(C3)C4(O)C1. The van der Waals surface area contributed by atoms with E-state index in [2.05, 4.69) is 20.8 Å². The van der Waals surface area contributed by atoms with E-state index in [1.54, 1.807) is 0 Å². The molecule has 19 saturated carbocycles. The molecule has 9 heteroatoms. The Morgan fingerprint density at radius 2 is 0.928 bits per heavy atom. The quantitative estimate of drug-likeness (QED) is 0.136. The summed E-state index contributed by atoms with van der Waals surface area (Å²) in [5, 5.41) is 32.4. The van der Waals surface area contributed by atoms with Crippen LogP contribution in [0.2, 0.25) is 0 Å². The van der Waals surface area contributed by atoms with Gasteiger partial charge in [0, 0.05) is 30.3 Å². The fourth-order valence-corrected chi connectivity index (χ4v) is 22.0. The molecule has 22 bridgehead atoms. The predicted molar refractivity (Wildman–Crippen MR) is 262 cm³/mol. The van der Waals surface area contributed by atoms with Gasteiger partial charge in [-0.3, -0.25) is 14.4 Å². The highest BCUT2D eigenvalue weighted by Gasteiger charge is 2.78. The Hall–Kier alpha value is -1.71. The maximum Gasteiger partial charge on any atom is 0.312 e. The largest absolute Gasteiger partial charge is 0.459 e. The maximum absolute atomic E-state index is 12.9. The lowest BCUT2D eigenvalue weighted by Gasteiger charge is -2.75. The normalized spacial score (nSPS) is 53.1. The van der Waals surface area contributed by atoms with E-state index in [1.807, 2.05) is 34.6 Å². The summed E-state index contributed by atoms with van der Waals surface area (Å²) >= 11 is 0. The van der Waals surface area contributed by atoms with Crippen LogP contribution in [0.15, 0.2) is 0 Å². The summed E-state index contributed by atoms with van der Waals surface area (Å²) in [5.41, 5.74) is -2.23. The molecular formula is C60H92O9. The topological polar surface area (TPSA) is 140 Å². The van der Waals surface area contributed by atoms with E-state index in [0.717, 1.165) is 88.4 Å². The first-order valence-corrected chi connectivity index (χ1v) is 29.4. The standard InChI is InChI=1S/C21H34O3.C20H30O3.C19H28O3/c1-4-20(2,3)19(23)24-21-10-16-13-6-5-7-14(16)18(12-21)15(8-9-22)17(13)11-21;1-4-18(2,3)17(21)23-20-10-12-5-13-15(20)7-11-8-16(20)14(6-12)19(13,22)9-11;1-3-10(2)17(20)22-19-9-12-4-13-15(19)6-11-7-16(19)14(5-12)18(13,21)8-11/h13-18,22H,4-12H2,1-3H3;11-16,22H,4-10H2,1-3H3;10-16,21H,3-9H2,1-2H3. The Labute approximate surface area is 414 Å². The van der Waals surface area contributed by atoms with Gasteiger partial charge in [0.15, 0.2) is 0 Å². The number of ether oxygens (including phenoxy) is 3. The van der Waals surface area contributed by atoms with Crippen LogP contribution in [0.1, 0.15) is 197 Å². The van der Waals surface area contributed by atoms with E-state index in [1.165, 1.54) is 70.6 Å². The number of aliphatic hydroxyl groups excluding tert-OH is 1. The molecule has 69 heavy (non-hydrogen) atoms. The molecule has 0 spiro atoms. The van der Waals surface area contributed by atoms with Gasteiger partial charge in [-0.05, 0) is 245 Å². The van der Waals surface area contributed by atoms with E-state index >= 15 is 0 Å². The monoisotopic (exact) mass is 957 g/mol. The van der Waals surface area contributed by atoms with Gasteiger partial charge in [-0.2, -0.15) is 0 Å². The summed E-state index contributed by atoms with van der Waals surface area (Å²) in [5.74, 6) is 10.6. The van der Waals surface area contributed by atoms with E-state index in [9.17, 15) is 29.7 Å². The first kappa shape index (κ1) is 48.2. The van der Waals surface area contributed by atoms with Gasteiger partial charge in [0.2, 0.25) is 0 Å². The molecule has 19 fully saturated rings. The molecule has 13 atom stereocenters. The predicted octanol–water partition coefficient (Wildman–Crippen LogP) is 10.9. The van der Waals surface area contributed by atoms with Crippen molar-refractivity contribution in [1.29, 1.82) is 0 Å². The highest BCUT2D eigenvalue weighted by Crippen LogP contribution is 2.77. The van der Waals surface area contributed by atoms with E-state index in [4.69, 9.17) is 14.2 Å². The van der Waals surface area contributed by atoms with E-state index in [-0.39, 0.29) is 46.0 Å². The third-order valence-electron chi connectivity index (χ3n) is 25.6. The van der Waals surface area contributed by atoms with E-state index < -0.39 is 16.6 Å². The lowest BCUT2D eigenvalue weighted by Crippen LogP contribution is -2.78. The minimum absolute atomic E-state index is 0.000451. The molecular weight excluding hydrogens is 865 g/mol. The summed E-state index contributed by atoms with van der Waals surface area (Å²) in [6.45, 7) is 16.6. The van der Waals surface area contributed by atoms with Crippen LogP contribution in [0.25, 0.3) is 0 Å². The van der Waals surface area contributed by atoms with Crippen molar-refractivity contribution in [2.75, 3.05) is 6.61 Å². The zero-order valence-electron chi connectivity index (χ0n) is 44.0. The Kier molecular flexibility index (Phi) is 11.3. The Bertz CT molecular complexity index is 1990. The summed E-state index contributed by atoms with van der Waals surface area (Å²) in [4.78, 5) is 38.2. The molecule has 0 heterocycles. The molecule has 0 aliphatic heterocycles. The number of rotatable bonds is 11. The van der Waals surface area contributed by atoms with Gasteiger partial charge in [0.25, 0.3) is 0 Å². The lowest BCUT2D eigenvalue weighted by molar-refractivity contribution is -0.345. The van der Waals surface area contributed by atoms with Gasteiger partial charge in [-0.15, -0.1) is 0 Å². The lowest BCUT2D eigenvalue weighted by atomic mass is 9.32. The molecule has 13 unspecified atom stereocenters. The molecule has 19 rings (SSSR count). The Morgan fingerprint density at radius 3 is 1.35 bits per heavy atom. The molecule has 3 N–H and O–H groups in total. The van der Waals surface area contributed by atoms with Gasteiger partial charge in [0.05, 0.1) is 27.9 Å². The molecule has 0 radical (unpaired) electrons.